The summed E-state index contributed by atoms with van der Waals surface area (Å²) in [5, 5.41) is 9.62. The topological polar surface area (TPSA) is 59.3 Å². The Kier molecular flexibility index (Phi) is 5.56. The van der Waals surface area contributed by atoms with E-state index < -0.39 is 11.8 Å². The Labute approximate surface area is 157 Å². The van der Waals surface area contributed by atoms with E-state index in [0.29, 0.717) is 35.5 Å². The summed E-state index contributed by atoms with van der Waals surface area (Å²) in [5.74, 6) is -0.413. The summed E-state index contributed by atoms with van der Waals surface area (Å²) in [6, 6.07) is 11.8. The van der Waals surface area contributed by atoms with Gasteiger partial charge in [-0.1, -0.05) is 19.9 Å². The van der Waals surface area contributed by atoms with Crippen molar-refractivity contribution in [3.05, 3.63) is 70.0 Å². The fraction of sp³-hybridized carbons (Fsp3) is 0.273. The van der Waals surface area contributed by atoms with Crippen LogP contribution in [0.5, 0.6) is 5.75 Å². The molecule has 0 atom stereocenters. The highest BCUT2D eigenvalue weighted by molar-refractivity contribution is 5.93. The third kappa shape index (κ3) is 3.70. The number of nitrogens with zero attached hydrogens (tertiary/aromatic N) is 1. The van der Waals surface area contributed by atoms with Gasteiger partial charge in [-0.15, -0.1) is 0 Å². The van der Waals surface area contributed by atoms with Gasteiger partial charge in [-0.3, -0.25) is 0 Å². The number of benzene rings is 2. The van der Waals surface area contributed by atoms with Gasteiger partial charge in [-0.2, -0.15) is 5.26 Å². The maximum absolute atomic E-state index is 13.7. The van der Waals surface area contributed by atoms with Gasteiger partial charge in [0.2, 0.25) is 0 Å². The lowest BCUT2D eigenvalue weighted by Crippen LogP contribution is -2.08. The van der Waals surface area contributed by atoms with E-state index in [0.717, 1.165) is 23.1 Å². The number of nitriles is 1. The van der Waals surface area contributed by atoms with Crippen LogP contribution in [0.3, 0.4) is 0 Å². The van der Waals surface area contributed by atoms with E-state index in [2.05, 4.69) is 6.07 Å². The first-order valence-electron chi connectivity index (χ1n) is 8.95. The number of esters is 1. The Hall–Kier alpha value is -3.13. The van der Waals surface area contributed by atoms with Gasteiger partial charge >= 0.3 is 5.97 Å². The number of rotatable bonds is 4. The summed E-state index contributed by atoms with van der Waals surface area (Å²) in [6.45, 7) is 4.36. The molecular weight excluding hydrogens is 345 g/mol. The van der Waals surface area contributed by atoms with Crippen LogP contribution in [0, 0.1) is 17.1 Å². The minimum atomic E-state index is -0.405. The van der Waals surface area contributed by atoms with E-state index in [1.54, 1.807) is 18.2 Å². The summed E-state index contributed by atoms with van der Waals surface area (Å²) >= 11 is 0. The Bertz CT molecular complexity index is 957. The lowest BCUT2D eigenvalue weighted by atomic mass is 9.89. The molecule has 2 aromatic carbocycles. The predicted octanol–water partition coefficient (Wildman–Crippen LogP) is 5.02. The molecule has 1 aliphatic rings. The van der Waals surface area contributed by atoms with Crippen LogP contribution >= 0.6 is 0 Å². The van der Waals surface area contributed by atoms with Crippen molar-refractivity contribution in [1.82, 2.24) is 0 Å². The van der Waals surface area contributed by atoms with Gasteiger partial charge in [0.05, 0.1) is 18.2 Å². The average molecular weight is 365 g/mol. The van der Waals surface area contributed by atoms with Crippen molar-refractivity contribution in [2.45, 2.75) is 33.3 Å². The number of allylic oxidation sites excluding steroid dienone is 1. The van der Waals surface area contributed by atoms with E-state index >= 15 is 0 Å². The summed E-state index contributed by atoms with van der Waals surface area (Å²) in [7, 11) is 0. The molecule has 5 heteroatoms. The van der Waals surface area contributed by atoms with Crippen molar-refractivity contribution >= 4 is 11.5 Å². The molecule has 0 amide bonds. The molecule has 1 heterocycles. The van der Waals surface area contributed by atoms with E-state index in [-0.39, 0.29) is 6.61 Å². The quantitative estimate of drug-likeness (QED) is 0.564. The predicted molar refractivity (Wildman–Crippen MR) is 99.7 cm³/mol. The molecule has 0 N–H and O–H groups in total. The molecule has 0 saturated heterocycles. The lowest BCUT2D eigenvalue weighted by molar-refractivity contribution is 0.0505. The molecule has 1 aliphatic heterocycles. The molecule has 2 aromatic rings. The fourth-order valence-electron chi connectivity index (χ4n) is 3.12. The van der Waals surface area contributed by atoms with Crippen LogP contribution in [0.4, 0.5) is 4.39 Å². The largest absolute Gasteiger partial charge is 0.488 e. The van der Waals surface area contributed by atoms with Crippen LogP contribution in [-0.2, 0) is 11.3 Å². The molecule has 3 rings (SSSR count). The zero-order valence-electron chi connectivity index (χ0n) is 15.3. The lowest BCUT2D eigenvalue weighted by Gasteiger charge is -2.13. The first-order valence-corrected chi connectivity index (χ1v) is 8.95. The van der Waals surface area contributed by atoms with Gasteiger partial charge in [0, 0.05) is 22.8 Å². The number of fused-ring (bicyclic) bond motifs is 2. The Balaban J connectivity index is 2.16. The first kappa shape index (κ1) is 18.7. The Morgan fingerprint density at radius 2 is 2.00 bits per heavy atom. The molecule has 0 unspecified atom stereocenters. The van der Waals surface area contributed by atoms with E-state index in [1.807, 2.05) is 19.9 Å². The maximum Gasteiger partial charge on any atom is 0.338 e. The smallest absolute Gasteiger partial charge is 0.338 e. The van der Waals surface area contributed by atoms with Crippen LogP contribution < -0.4 is 4.74 Å². The molecule has 138 valence electrons. The maximum atomic E-state index is 13.7. The van der Waals surface area contributed by atoms with E-state index in [1.165, 1.54) is 12.1 Å². The van der Waals surface area contributed by atoms with E-state index in [9.17, 15) is 14.4 Å². The van der Waals surface area contributed by atoms with Crippen molar-refractivity contribution in [1.29, 1.82) is 5.26 Å². The summed E-state index contributed by atoms with van der Waals surface area (Å²) in [4.78, 5) is 12.2. The van der Waals surface area contributed by atoms with Crippen LogP contribution in [0.2, 0.25) is 0 Å². The molecule has 0 saturated carbocycles. The number of carbonyl (C=O) groups is 1. The monoisotopic (exact) mass is 365 g/mol. The summed E-state index contributed by atoms with van der Waals surface area (Å²) in [5.41, 5.74) is 3.97. The second-order valence-corrected chi connectivity index (χ2v) is 6.26. The number of halogens is 1. The highest BCUT2D eigenvalue weighted by Gasteiger charge is 2.23. The van der Waals surface area contributed by atoms with Gasteiger partial charge in [-0.25, -0.2) is 9.18 Å². The van der Waals surface area contributed by atoms with Crippen LogP contribution in [-0.4, -0.2) is 12.6 Å². The molecule has 0 fully saturated rings. The molecule has 4 nitrogen and oxygen atoms in total. The number of carbonyl (C=O) groups excluding carboxylic acids is 1. The van der Waals surface area contributed by atoms with Gasteiger partial charge in [0.25, 0.3) is 0 Å². The minimum Gasteiger partial charge on any atom is -0.488 e. The normalized spacial score (nSPS) is 14.1. The van der Waals surface area contributed by atoms with Crippen molar-refractivity contribution in [2.24, 2.45) is 0 Å². The Morgan fingerprint density at radius 3 is 2.70 bits per heavy atom. The fourth-order valence-corrected chi connectivity index (χ4v) is 3.12. The number of hydrogen-bond acceptors (Lipinski definition) is 4. The minimum absolute atomic E-state index is 0.173. The third-order valence-electron chi connectivity index (χ3n) is 4.43. The van der Waals surface area contributed by atoms with Gasteiger partial charge < -0.3 is 9.47 Å². The van der Waals surface area contributed by atoms with Crippen molar-refractivity contribution in [3.8, 4) is 11.8 Å². The van der Waals surface area contributed by atoms with Crippen LogP contribution in [0.25, 0.3) is 5.57 Å². The standard InChI is InChI=1S/C22H20FNO3/c1-3-9-26-22(25)15-5-7-18-16(10-15)13-27-20-11-17(23)6-8-19(20)21(18)14(4-2)12-24/h5-8,10-11H,3-4,9,13H2,1-2H3. The molecule has 0 bridgehead atoms. The van der Waals surface area contributed by atoms with E-state index in [4.69, 9.17) is 9.47 Å². The highest BCUT2D eigenvalue weighted by atomic mass is 19.1. The van der Waals surface area contributed by atoms with Gasteiger partial charge in [0.1, 0.15) is 18.2 Å². The molecule has 0 aromatic heterocycles. The molecular formula is C22H20FNO3. The van der Waals surface area contributed by atoms with Crippen LogP contribution in [0.15, 0.2) is 42.0 Å². The third-order valence-corrected chi connectivity index (χ3v) is 4.43. The van der Waals surface area contributed by atoms with Crippen molar-refractivity contribution in [3.63, 3.8) is 0 Å². The summed E-state index contributed by atoms with van der Waals surface area (Å²) < 4.78 is 24.7. The Morgan fingerprint density at radius 1 is 1.22 bits per heavy atom. The van der Waals surface area contributed by atoms with Gasteiger partial charge in [-0.05, 0) is 48.2 Å². The first-order chi connectivity index (χ1) is 13.1. The van der Waals surface area contributed by atoms with Crippen molar-refractivity contribution in [2.75, 3.05) is 6.61 Å². The second kappa shape index (κ2) is 8.05. The number of hydrogen-bond donors (Lipinski definition) is 0. The highest BCUT2D eigenvalue weighted by Crippen LogP contribution is 2.39. The number of ether oxygens (including phenoxy) is 2. The summed E-state index contributed by atoms with van der Waals surface area (Å²) in [6.07, 6.45) is 1.28. The molecule has 0 radical (unpaired) electrons. The SMILES string of the molecule is CCCOC(=O)c1ccc2c(c1)COc1cc(F)ccc1C2=C(C#N)CC. The van der Waals surface area contributed by atoms with Crippen molar-refractivity contribution < 1.29 is 18.7 Å². The average Bonchev–Trinajstić information content (AvgIpc) is 2.84. The van der Waals surface area contributed by atoms with Crippen LogP contribution in [0.1, 0.15) is 53.7 Å². The zero-order valence-corrected chi connectivity index (χ0v) is 15.3. The zero-order chi connectivity index (χ0) is 19.4. The molecule has 27 heavy (non-hydrogen) atoms. The molecule has 0 spiro atoms. The molecule has 0 aliphatic carbocycles. The second-order valence-electron chi connectivity index (χ2n) is 6.26. The van der Waals surface area contributed by atoms with Gasteiger partial charge in [0.15, 0.2) is 0 Å².